The minimum absolute atomic E-state index is 0.146. The van der Waals surface area contributed by atoms with E-state index in [1.165, 1.54) is 19.3 Å². The number of aromatic nitrogens is 1. The second kappa shape index (κ2) is 4.96. The average Bonchev–Trinajstić information content (AvgIpc) is 2.39. The minimum Gasteiger partial charge on any atom is -0.375 e. The number of pyridine rings is 1. The number of nitrogens with zero attached hydrogens (tertiary/aromatic N) is 1. The third-order valence-electron chi connectivity index (χ3n) is 4.45. The first-order valence-corrected chi connectivity index (χ1v) is 6.84. The van der Waals surface area contributed by atoms with E-state index in [-0.39, 0.29) is 11.6 Å². The molecule has 1 aliphatic carbocycles. The molecular weight excluding hydrogens is 226 g/mol. The number of ether oxygens (including phenoxy) is 1. The summed E-state index contributed by atoms with van der Waals surface area (Å²) in [6.07, 6.45) is 7.73. The largest absolute Gasteiger partial charge is 0.375 e. The Morgan fingerprint density at radius 3 is 2.94 bits per heavy atom. The van der Waals surface area contributed by atoms with Crippen LogP contribution in [0.25, 0.3) is 0 Å². The lowest BCUT2D eigenvalue weighted by Gasteiger charge is -2.48. The van der Waals surface area contributed by atoms with E-state index in [4.69, 9.17) is 10.6 Å². The average molecular weight is 247 g/mol. The van der Waals surface area contributed by atoms with Gasteiger partial charge in [0.15, 0.2) is 0 Å². The summed E-state index contributed by atoms with van der Waals surface area (Å²) in [7, 11) is 0. The molecule has 1 saturated carbocycles. The van der Waals surface area contributed by atoms with Gasteiger partial charge in [0, 0.05) is 12.8 Å². The Morgan fingerprint density at radius 1 is 1.44 bits per heavy atom. The Labute approximate surface area is 108 Å². The van der Waals surface area contributed by atoms with Crippen molar-refractivity contribution >= 4 is 0 Å². The van der Waals surface area contributed by atoms with Crippen molar-refractivity contribution in [1.82, 2.24) is 10.4 Å². The Bertz CT molecular complexity index is 391. The molecule has 2 aliphatic rings. The summed E-state index contributed by atoms with van der Waals surface area (Å²) in [5, 5.41) is 0. The molecule has 2 atom stereocenters. The molecule has 1 saturated heterocycles. The molecule has 4 nitrogen and oxygen atoms in total. The molecular formula is C14H21N3O. The number of nitrogens with two attached hydrogens (primary N) is 1. The van der Waals surface area contributed by atoms with Gasteiger partial charge in [-0.3, -0.25) is 16.3 Å². The zero-order valence-electron chi connectivity index (χ0n) is 10.6. The van der Waals surface area contributed by atoms with Crippen LogP contribution >= 0.6 is 0 Å². The van der Waals surface area contributed by atoms with Crippen molar-refractivity contribution in [3.05, 3.63) is 30.1 Å². The maximum absolute atomic E-state index is 5.97. The summed E-state index contributed by atoms with van der Waals surface area (Å²) in [5.41, 5.74) is 4.16. The molecule has 0 amide bonds. The molecule has 3 rings (SSSR count). The molecule has 0 aromatic carbocycles. The van der Waals surface area contributed by atoms with Gasteiger partial charge in [0.25, 0.3) is 0 Å². The first-order valence-electron chi connectivity index (χ1n) is 6.84. The molecule has 2 fully saturated rings. The molecule has 1 aromatic rings. The summed E-state index contributed by atoms with van der Waals surface area (Å²) in [6.45, 7) is 0.857. The van der Waals surface area contributed by atoms with Gasteiger partial charge in [0.2, 0.25) is 0 Å². The van der Waals surface area contributed by atoms with Crippen molar-refractivity contribution in [1.29, 1.82) is 0 Å². The van der Waals surface area contributed by atoms with Crippen molar-refractivity contribution in [2.75, 3.05) is 6.61 Å². The number of nitrogens with one attached hydrogen (secondary N) is 1. The van der Waals surface area contributed by atoms with Crippen molar-refractivity contribution in [3.8, 4) is 0 Å². The molecule has 98 valence electrons. The van der Waals surface area contributed by atoms with Crippen LogP contribution in [0.4, 0.5) is 0 Å². The van der Waals surface area contributed by atoms with Crippen LogP contribution in [-0.4, -0.2) is 17.2 Å². The Hall–Kier alpha value is -0.970. The highest BCUT2D eigenvalue weighted by Gasteiger charge is 2.44. The van der Waals surface area contributed by atoms with E-state index in [1.54, 1.807) is 0 Å². The van der Waals surface area contributed by atoms with Gasteiger partial charge in [-0.15, -0.1) is 0 Å². The SMILES string of the molecule is NNC(c1ccccn1)C1CCOC2(CCC2)C1. The van der Waals surface area contributed by atoms with Crippen molar-refractivity contribution in [3.63, 3.8) is 0 Å². The molecule has 4 heteroatoms. The van der Waals surface area contributed by atoms with E-state index in [0.717, 1.165) is 25.1 Å². The molecule has 2 unspecified atom stereocenters. The van der Waals surface area contributed by atoms with E-state index >= 15 is 0 Å². The second-order valence-corrected chi connectivity index (χ2v) is 5.54. The van der Waals surface area contributed by atoms with Gasteiger partial charge >= 0.3 is 0 Å². The maximum Gasteiger partial charge on any atom is 0.0686 e. The lowest BCUT2D eigenvalue weighted by atomic mass is 9.70. The monoisotopic (exact) mass is 247 g/mol. The quantitative estimate of drug-likeness (QED) is 0.633. The Balaban J connectivity index is 1.75. The molecule has 1 aromatic heterocycles. The van der Waals surface area contributed by atoms with Crippen LogP contribution in [0.15, 0.2) is 24.4 Å². The van der Waals surface area contributed by atoms with Crippen molar-refractivity contribution in [2.45, 2.75) is 43.7 Å². The van der Waals surface area contributed by atoms with E-state index in [2.05, 4.69) is 10.4 Å². The van der Waals surface area contributed by atoms with E-state index in [9.17, 15) is 0 Å². The molecule has 1 spiro atoms. The molecule has 18 heavy (non-hydrogen) atoms. The van der Waals surface area contributed by atoms with Crippen LogP contribution in [0.5, 0.6) is 0 Å². The minimum atomic E-state index is 0.146. The number of hydrazine groups is 1. The fraction of sp³-hybridized carbons (Fsp3) is 0.643. The smallest absolute Gasteiger partial charge is 0.0686 e. The number of hydrogen-bond acceptors (Lipinski definition) is 4. The first kappa shape index (κ1) is 12.1. The number of rotatable bonds is 3. The van der Waals surface area contributed by atoms with E-state index in [0.29, 0.717) is 5.92 Å². The fourth-order valence-electron chi connectivity index (χ4n) is 3.29. The van der Waals surface area contributed by atoms with E-state index < -0.39 is 0 Å². The fourth-order valence-corrected chi connectivity index (χ4v) is 3.29. The summed E-state index contributed by atoms with van der Waals surface area (Å²) < 4.78 is 5.97. The summed E-state index contributed by atoms with van der Waals surface area (Å²) in [6, 6.07) is 6.15. The summed E-state index contributed by atoms with van der Waals surface area (Å²) in [4.78, 5) is 4.43. The predicted molar refractivity (Wildman–Crippen MR) is 69.6 cm³/mol. The van der Waals surface area contributed by atoms with Gasteiger partial charge in [-0.2, -0.15) is 0 Å². The van der Waals surface area contributed by atoms with Gasteiger partial charge in [-0.25, -0.2) is 0 Å². The van der Waals surface area contributed by atoms with Gasteiger partial charge < -0.3 is 4.74 Å². The second-order valence-electron chi connectivity index (χ2n) is 5.54. The lowest BCUT2D eigenvalue weighted by Crippen LogP contribution is -2.48. The normalized spacial score (nSPS) is 27.7. The van der Waals surface area contributed by atoms with Gasteiger partial charge in [0.05, 0.1) is 17.3 Å². The third kappa shape index (κ3) is 2.16. The van der Waals surface area contributed by atoms with Crippen LogP contribution in [-0.2, 0) is 4.74 Å². The highest BCUT2D eigenvalue weighted by molar-refractivity contribution is 5.11. The molecule has 0 radical (unpaired) electrons. The van der Waals surface area contributed by atoms with E-state index in [1.807, 2.05) is 24.4 Å². The molecule has 3 N–H and O–H groups in total. The topological polar surface area (TPSA) is 60.2 Å². The molecule has 1 aliphatic heterocycles. The van der Waals surface area contributed by atoms with Crippen LogP contribution < -0.4 is 11.3 Å². The number of hydrogen-bond donors (Lipinski definition) is 2. The lowest BCUT2D eigenvalue weighted by molar-refractivity contribution is -0.147. The van der Waals surface area contributed by atoms with Gasteiger partial charge in [-0.1, -0.05) is 6.07 Å². The maximum atomic E-state index is 5.97. The van der Waals surface area contributed by atoms with Crippen LogP contribution in [0.1, 0.15) is 43.8 Å². The first-order chi connectivity index (χ1) is 8.83. The van der Waals surface area contributed by atoms with Crippen LogP contribution in [0.2, 0.25) is 0 Å². The third-order valence-corrected chi connectivity index (χ3v) is 4.45. The zero-order valence-corrected chi connectivity index (χ0v) is 10.6. The van der Waals surface area contributed by atoms with Gasteiger partial charge in [-0.05, 0) is 50.2 Å². The van der Waals surface area contributed by atoms with Crippen molar-refractivity contribution < 1.29 is 4.74 Å². The van der Waals surface area contributed by atoms with Gasteiger partial charge in [0.1, 0.15) is 0 Å². The van der Waals surface area contributed by atoms with Crippen molar-refractivity contribution in [2.24, 2.45) is 11.8 Å². The Morgan fingerprint density at radius 2 is 2.33 bits per heavy atom. The zero-order chi connectivity index (χ0) is 12.4. The molecule has 2 heterocycles. The van der Waals surface area contributed by atoms with Crippen LogP contribution in [0, 0.1) is 5.92 Å². The standard InChI is InChI=1S/C14H21N3O/c15-17-13(12-4-1-2-8-16-12)11-5-9-18-14(10-11)6-3-7-14/h1-2,4,8,11,13,17H,3,5-7,9-10,15H2. The highest BCUT2D eigenvalue weighted by atomic mass is 16.5. The van der Waals surface area contributed by atoms with Crippen LogP contribution in [0.3, 0.4) is 0 Å². The molecule has 0 bridgehead atoms. The summed E-state index contributed by atoms with van der Waals surface area (Å²) >= 11 is 0. The highest BCUT2D eigenvalue weighted by Crippen LogP contribution is 2.46. The Kier molecular flexibility index (Phi) is 3.33. The predicted octanol–water partition coefficient (Wildman–Crippen LogP) is 1.94. The summed E-state index contributed by atoms with van der Waals surface area (Å²) in [5.74, 6) is 6.28.